The summed E-state index contributed by atoms with van der Waals surface area (Å²) in [6.07, 6.45) is 3.00. The first-order chi connectivity index (χ1) is 11.7. The second-order valence-electron chi connectivity index (χ2n) is 7.69. The van der Waals surface area contributed by atoms with Crippen molar-refractivity contribution < 1.29 is 19.4 Å². The molecule has 0 radical (unpaired) electrons. The second kappa shape index (κ2) is 9.66. The molecule has 0 aromatic heterocycles. The van der Waals surface area contributed by atoms with Crippen LogP contribution in [0.2, 0.25) is 0 Å². The van der Waals surface area contributed by atoms with Crippen LogP contribution in [0.4, 0.5) is 4.79 Å². The molecule has 0 unspecified atom stereocenters. The summed E-state index contributed by atoms with van der Waals surface area (Å²) >= 11 is 0. The minimum atomic E-state index is -0.724. The maximum absolute atomic E-state index is 12.0. The highest BCUT2D eigenvalue weighted by Gasteiger charge is 2.28. The van der Waals surface area contributed by atoms with Crippen molar-refractivity contribution in [2.75, 3.05) is 13.2 Å². The molecular formula is C20H33NO4. The molecule has 0 heterocycles. The molecule has 0 bridgehead atoms. The van der Waals surface area contributed by atoms with Gasteiger partial charge in [0.1, 0.15) is 11.4 Å². The average molecular weight is 351 g/mol. The van der Waals surface area contributed by atoms with Gasteiger partial charge in [0.05, 0.1) is 18.8 Å². The van der Waals surface area contributed by atoms with Crippen LogP contribution in [0.5, 0.6) is 5.75 Å². The highest BCUT2D eigenvalue weighted by Crippen LogP contribution is 2.18. The second-order valence-corrected chi connectivity index (χ2v) is 7.69. The number of carbonyl (C=O) groups excluding carboxylic acids is 1. The number of aliphatic hydroxyl groups is 1. The fourth-order valence-electron chi connectivity index (χ4n) is 2.24. The number of alkyl carbamates (subject to hydrolysis) is 1. The van der Waals surface area contributed by atoms with Gasteiger partial charge in [-0.05, 0) is 64.7 Å². The van der Waals surface area contributed by atoms with Crippen molar-refractivity contribution in [3.05, 3.63) is 29.8 Å². The van der Waals surface area contributed by atoms with E-state index in [-0.39, 0.29) is 6.61 Å². The molecular weight excluding hydrogens is 318 g/mol. The predicted molar refractivity (Wildman–Crippen MR) is 100 cm³/mol. The van der Waals surface area contributed by atoms with E-state index in [1.807, 2.05) is 52.0 Å². The Morgan fingerprint density at radius 2 is 1.80 bits per heavy atom. The van der Waals surface area contributed by atoms with Crippen LogP contribution in [0.3, 0.4) is 0 Å². The van der Waals surface area contributed by atoms with E-state index in [0.717, 1.165) is 37.2 Å². The molecule has 0 spiro atoms. The molecule has 5 nitrogen and oxygen atoms in total. The molecule has 1 rings (SSSR count). The van der Waals surface area contributed by atoms with Crippen LogP contribution >= 0.6 is 0 Å². The van der Waals surface area contributed by atoms with Gasteiger partial charge in [-0.25, -0.2) is 4.79 Å². The number of hydrogen-bond acceptors (Lipinski definition) is 4. The summed E-state index contributed by atoms with van der Waals surface area (Å²) in [5.41, 5.74) is -0.152. The van der Waals surface area contributed by atoms with Gasteiger partial charge in [-0.2, -0.15) is 0 Å². The normalized spacial score (nSPS) is 13.8. The summed E-state index contributed by atoms with van der Waals surface area (Å²) in [5.74, 6) is 0.869. The number of carbonyl (C=O) groups is 1. The van der Waals surface area contributed by atoms with Crippen LogP contribution in [-0.4, -0.2) is 35.6 Å². The number of rotatable bonds is 9. The Kier molecular flexibility index (Phi) is 8.23. The average Bonchev–Trinajstić information content (AvgIpc) is 2.52. The SMILES string of the molecule is CCCCOc1ccc(CC[C@](C)(CO)NC(=O)OC(C)(C)C)cc1. The van der Waals surface area contributed by atoms with Gasteiger partial charge < -0.3 is 19.9 Å². The monoisotopic (exact) mass is 351 g/mol. The van der Waals surface area contributed by atoms with Crippen LogP contribution in [0, 0.1) is 0 Å². The van der Waals surface area contributed by atoms with Crippen LogP contribution < -0.4 is 10.1 Å². The highest BCUT2D eigenvalue weighted by atomic mass is 16.6. The Hall–Kier alpha value is -1.75. The Balaban J connectivity index is 2.53. The van der Waals surface area contributed by atoms with E-state index < -0.39 is 17.2 Å². The van der Waals surface area contributed by atoms with Crippen molar-refractivity contribution in [2.45, 2.75) is 71.4 Å². The Morgan fingerprint density at radius 3 is 2.32 bits per heavy atom. The summed E-state index contributed by atoms with van der Waals surface area (Å²) in [7, 11) is 0. The van der Waals surface area contributed by atoms with Crippen molar-refractivity contribution in [1.29, 1.82) is 0 Å². The maximum atomic E-state index is 12.0. The molecule has 0 fully saturated rings. The van der Waals surface area contributed by atoms with Crippen LogP contribution in [0.25, 0.3) is 0 Å². The molecule has 25 heavy (non-hydrogen) atoms. The van der Waals surface area contributed by atoms with Crippen LogP contribution in [-0.2, 0) is 11.2 Å². The summed E-state index contributed by atoms with van der Waals surface area (Å²) in [6.45, 7) is 9.98. The third kappa shape index (κ3) is 8.77. The van der Waals surface area contributed by atoms with Gasteiger partial charge in [0.25, 0.3) is 0 Å². The van der Waals surface area contributed by atoms with Gasteiger partial charge in [0, 0.05) is 0 Å². The molecule has 1 aromatic rings. The number of aryl methyl sites for hydroxylation is 1. The lowest BCUT2D eigenvalue weighted by molar-refractivity contribution is 0.0407. The van der Waals surface area contributed by atoms with Gasteiger partial charge in [0.2, 0.25) is 0 Å². The minimum absolute atomic E-state index is 0.148. The van der Waals surface area contributed by atoms with Gasteiger partial charge in [-0.15, -0.1) is 0 Å². The van der Waals surface area contributed by atoms with E-state index >= 15 is 0 Å². The molecule has 1 atom stereocenters. The molecule has 142 valence electrons. The summed E-state index contributed by atoms with van der Waals surface area (Å²) < 4.78 is 10.9. The fourth-order valence-corrected chi connectivity index (χ4v) is 2.24. The molecule has 1 aromatic carbocycles. The zero-order valence-electron chi connectivity index (χ0n) is 16.2. The lowest BCUT2D eigenvalue weighted by Gasteiger charge is -2.30. The smallest absolute Gasteiger partial charge is 0.408 e. The van der Waals surface area contributed by atoms with Crippen LogP contribution in [0.1, 0.15) is 59.4 Å². The zero-order valence-corrected chi connectivity index (χ0v) is 16.2. The minimum Gasteiger partial charge on any atom is -0.494 e. The third-order valence-corrected chi connectivity index (χ3v) is 3.81. The molecule has 0 saturated heterocycles. The summed E-state index contributed by atoms with van der Waals surface area (Å²) in [5, 5.41) is 12.5. The number of benzene rings is 1. The van der Waals surface area contributed by atoms with Crippen molar-refractivity contribution in [3.63, 3.8) is 0 Å². The standard InChI is InChI=1S/C20H33NO4/c1-6-7-14-24-17-10-8-16(9-11-17)12-13-20(5,15-22)21-18(23)25-19(2,3)4/h8-11,22H,6-7,12-15H2,1-5H3,(H,21,23)/t20-/m1/s1. The molecule has 0 saturated carbocycles. The number of unbranched alkanes of at least 4 members (excludes halogenated alkanes) is 1. The Labute approximate surface area is 151 Å². The fraction of sp³-hybridized carbons (Fsp3) is 0.650. The quantitative estimate of drug-likeness (QED) is 0.658. The first-order valence-corrected chi connectivity index (χ1v) is 9.01. The summed E-state index contributed by atoms with van der Waals surface area (Å²) in [4.78, 5) is 12.0. The van der Waals surface area contributed by atoms with Crippen molar-refractivity contribution in [1.82, 2.24) is 5.32 Å². The molecule has 0 aliphatic carbocycles. The predicted octanol–water partition coefficient (Wildman–Crippen LogP) is 4.07. The van der Waals surface area contributed by atoms with Crippen molar-refractivity contribution >= 4 is 6.09 Å². The van der Waals surface area contributed by atoms with E-state index in [1.165, 1.54) is 0 Å². The number of amides is 1. The molecule has 2 N–H and O–H groups in total. The van der Waals surface area contributed by atoms with E-state index in [1.54, 1.807) is 0 Å². The number of hydrogen-bond donors (Lipinski definition) is 2. The van der Waals surface area contributed by atoms with E-state index in [2.05, 4.69) is 12.2 Å². The topological polar surface area (TPSA) is 67.8 Å². The van der Waals surface area contributed by atoms with Gasteiger partial charge >= 0.3 is 6.09 Å². The maximum Gasteiger partial charge on any atom is 0.408 e. The van der Waals surface area contributed by atoms with E-state index in [9.17, 15) is 9.90 Å². The van der Waals surface area contributed by atoms with Crippen LogP contribution in [0.15, 0.2) is 24.3 Å². The molecule has 0 aliphatic heterocycles. The van der Waals surface area contributed by atoms with E-state index in [4.69, 9.17) is 9.47 Å². The van der Waals surface area contributed by atoms with Gasteiger partial charge in [-0.3, -0.25) is 0 Å². The highest BCUT2D eigenvalue weighted by molar-refractivity contribution is 5.68. The first-order valence-electron chi connectivity index (χ1n) is 9.01. The number of nitrogens with one attached hydrogen (secondary N) is 1. The number of ether oxygens (including phenoxy) is 2. The zero-order chi connectivity index (χ0) is 18.9. The van der Waals surface area contributed by atoms with Gasteiger partial charge in [-0.1, -0.05) is 25.5 Å². The number of aliphatic hydroxyl groups excluding tert-OH is 1. The first kappa shape index (κ1) is 21.3. The largest absolute Gasteiger partial charge is 0.494 e. The lowest BCUT2D eigenvalue weighted by atomic mass is 9.94. The molecule has 0 aliphatic rings. The van der Waals surface area contributed by atoms with Crippen molar-refractivity contribution in [2.24, 2.45) is 0 Å². The van der Waals surface area contributed by atoms with E-state index in [0.29, 0.717) is 6.42 Å². The Bertz CT molecular complexity index is 521. The lowest BCUT2D eigenvalue weighted by Crippen LogP contribution is -2.50. The third-order valence-electron chi connectivity index (χ3n) is 3.81. The molecule has 1 amide bonds. The van der Waals surface area contributed by atoms with Gasteiger partial charge in [0.15, 0.2) is 0 Å². The Morgan fingerprint density at radius 1 is 1.16 bits per heavy atom. The molecule has 5 heteroatoms. The van der Waals surface area contributed by atoms with Crippen molar-refractivity contribution in [3.8, 4) is 5.75 Å². The summed E-state index contributed by atoms with van der Waals surface area (Å²) in [6, 6.07) is 7.96.